The number of carbonyl (C=O) groups excluding carboxylic acids is 1. The predicted octanol–water partition coefficient (Wildman–Crippen LogP) is 7.24. The fourth-order valence-electron chi connectivity index (χ4n) is 3.03. The molecule has 4 aromatic rings. The van der Waals surface area contributed by atoms with E-state index < -0.39 is 6.04 Å². The monoisotopic (exact) mass is 555 g/mol. The highest BCUT2D eigenvalue weighted by atomic mass is 79.9. The Morgan fingerprint density at radius 2 is 2.13 bits per heavy atom. The number of amides is 1. The Morgan fingerprint density at radius 3 is 2.90 bits per heavy atom. The molecule has 0 aliphatic heterocycles. The number of halogens is 3. The van der Waals surface area contributed by atoms with Crippen LogP contribution < -0.4 is 5.32 Å². The van der Waals surface area contributed by atoms with Gasteiger partial charge in [-0.1, -0.05) is 28.4 Å². The molecule has 5 nitrogen and oxygen atoms in total. The summed E-state index contributed by atoms with van der Waals surface area (Å²) in [6.45, 7) is 0. The third-order valence-electron chi connectivity index (χ3n) is 4.62. The van der Waals surface area contributed by atoms with Crippen LogP contribution in [0.25, 0.3) is 21.5 Å². The Balaban J connectivity index is 1.59. The fourth-order valence-corrected chi connectivity index (χ4v) is 5.54. The standard InChI is InChI=1S/C21H16BrCl2N3O2S2/c1-30-7-6-17(25-20(28)13-4-3-12(23)9-16(13)24)21-26-19(27-29-21)11-2-5-18-14(8-11)15(22)10-31-18/h2-5,8-10,17H,6-7H2,1H3,(H,25,28). The van der Waals surface area contributed by atoms with E-state index >= 15 is 0 Å². The number of thiophene rings is 1. The molecule has 2 heterocycles. The van der Waals surface area contributed by atoms with Crippen LogP contribution in [-0.4, -0.2) is 28.1 Å². The molecule has 10 heteroatoms. The lowest BCUT2D eigenvalue weighted by atomic mass is 10.1. The number of nitrogens with zero attached hydrogens (tertiary/aromatic N) is 2. The summed E-state index contributed by atoms with van der Waals surface area (Å²) in [5.41, 5.74) is 1.19. The minimum Gasteiger partial charge on any atom is -0.340 e. The summed E-state index contributed by atoms with van der Waals surface area (Å²) < 4.78 is 7.74. The molecule has 0 aliphatic carbocycles. The Morgan fingerprint density at radius 1 is 1.29 bits per heavy atom. The van der Waals surface area contributed by atoms with E-state index in [2.05, 4.69) is 31.4 Å². The number of nitrogens with one attached hydrogen (secondary N) is 1. The molecule has 2 aromatic carbocycles. The SMILES string of the molecule is CSCCC(NC(=O)c1ccc(Cl)cc1Cl)c1nc(-c2ccc3scc(Br)c3c2)no1. The summed E-state index contributed by atoms with van der Waals surface area (Å²) in [7, 11) is 0. The van der Waals surface area contributed by atoms with Crippen molar-refractivity contribution < 1.29 is 9.32 Å². The lowest BCUT2D eigenvalue weighted by Crippen LogP contribution is -2.29. The maximum absolute atomic E-state index is 12.8. The first-order chi connectivity index (χ1) is 15.0. The first kappa shape index (κ1) is 22.6. The van der Waals surface area contributed by atoms with Crippen LogP contribution in [0.4, 0.5) is 0 Å². The summed E-state index contributed by atoms with van der Waals surface area (Å²) in [5.74, 6) is 1.32. The molecule has 4 rings (SSSR count). The molecule has 1 N–H and O–H groups in total. The van der Waals surface area contributed by atoms with Crippen molar-refractivity contribution in [3.63, 3.8) is 0 Å². The summed E-state index contributed by atoms with van der Waals surface area (Å²) in [4.78, 5) is 17.4. The van der Waals surface area contributed by atoms with Gasteiger partial charge in [-0.2, -0.15) is 16.7 Å². The van der Waals surface area contributed by atoms with E-state index in [9.17, 15) is 4.79 Å². The molecule has 0 radical (unpaired) electrons. The van der Waals surface area contributed by atoms with Gasteiger partial charge in [-0.15, -0.1) is 11.3 Å². The van der Waals surface area contributed by atoms with Gasteiger partial charge in [0.25, 0.3) is 5.91 Å². The van der Waals surface area contributed by atoms with Crippen molar-refractivity contribution >= 4 is 78.2 Å². The third-order valence-corrected chi connectivity index (χ3v) is 7.73. The van der Waals surface area contributed by atoms with Crippen molar-refractivity contribution in [3.05, 3.63) is 67.8 Å². The van der Waals surface area contributed by atoms with Crippen molar-refractivity contribution in [1.29, 1.82) is 0 Å². The largest absolute Gasteiger partial charge is 0.340 e. The van der Waals surface area contributed by atoms with E-state index in [1.807, 2.05) is 29.8 Å². The molecule has 2 aromatic heterocycles. The Kier molecular flexibility index (Phi) is 7.23. The quantitative estimate of drug-likeness (QED) is 0.260. The van der Waals surface area contributed by atoms with Gasteiger partial charge in [-0.05, 0) is 70.8 Å². The molecule has 160 valence electrons. The van der Waals surface area contributed by atoms with Crippen LogP contribution in [0.1, 0.15) is 28.7 Å². The summed E-state index contributed by atoms with van der Waals surface area (Å²) in [6.07, 6.45) is 2.64. The van der Waals surface area contributed by atoms with Gasteiger partial charge < -0.3 is 9.84 Å². The van der Waals surface area contributed by atoms with E-state index in [1.165, 1.54) is 4.70 Å². The average molecular weight is 557 g/mol. The summed E-state index contributed by atoms with van der Waals surface area (Å²) in [6, 6.07) is 10.3. The molecular formula is C21H16BrCl2N3O2S2. The van der Waals surface area contributed by atoms with Crippen molar-refractivity contribution in [1.82, 2.24) is 15.5 Å². The maximum atomic E-state index is 12.8. The zero-order chi connectivity index (χ0) is 22.0. The van der Waals surface area contributed by atoms with Crippen molar-refractivity contribution in [2.45, 2.75) is 12.5 Å². The van der Waals surface area contributed by atoms with E-state index in [4.69, 9.17) is 27.7 Å². The molecular weight excluding hydrogens is 541 g/mol. The van der Waals surface area contributed by atoms with Crippen LogP contribution >= 0.6 is 62.2 Å². The summed E-state index contributed by atoms with van der Waals surface area (Å²) in [5, 5.41) is 11.0. The first-order valence-electron chi connectivity index (χ1n) is 9.22. The number of hydrogen-bond donors (Lipinski definition) is 1. The van der Waals surface area contributed by atoms with Crippen molar-refractivity contribution in [3.8, 4) is 11.4 Å². The zero-order valence-corrected chi connectivity index (χ0v) is 20.9. The number of carbonyl (C=O) groups is 1. The molecule has 0 aliphatic rings. The lowest BCUT2D eigenvalue weighted by molar-refractivity contribution is 0.0927. The van der Waals surface area contributed by atoms with Gasteiger partial charge in [-0.25, -0.2) is 0 Å². The second-order valence-electron chi connectivity index (χ2n) is 6.68. The van der Waals surface area contributed by atoms with Crippen molar-refractivity contribution in [2.75, 3.05) is 12.0 Å². The number of fused-ring (bicyclic) bond motifs is 1. The Labute approximate surface area is 205 Å². The fraction of sp³-hybridized carbons (Fsp3) is 0.190. The second kappa shape index (κ2) is 9.92. The minimum atomic E-state index is -0.440. The molecule has 0 bridgehead atoms. The van der Waals surface area contributed by atoms with E-state index in [0.29, 0.717) is 28.7 Å². The van der Waals surface area contributed by atoms with Crippen LogP contribution in [0.15, 0.2) is 50.8 Å². The highest BCUT2D eigenvalue weighted by Gasteiger charge is 2.23. The average Bonchev–Trinajstić information content (AvgIpc) is 3.38. The number of benzene rings is 2. The topological polar surface area (TPSA) is 68.0 Å². The number of hydrogen-bond acceptors (Lipinski definition) is 6. The molecule has 0 saturated carbocycles. The Bertz CT molecular complexity index is 1240. The zero-order valence-electron chi connectivity index (χ0n) is 16.2. The van der Waals surface area contributed by atoms with Gasteiger partial charge in [0.15, 0.2) is 0 Å². The minimum absolute atomic E-state index is 0.287. The van der Waals surface area contributed by atoms with Crippen LogP contribution in [-0.2, 0) is 0 Å². The maximum Gasteiger partial charge on any atom is 0.253 e. The summed E-state index contributed by atoms with van der Waals surface area (Å²) >= 11 is 19.0. The van der Waals surface area contributed by atoms with Crippen molar-refractivity contribution in [2.24, 2.45) is 0 Å². The molecule has 0 saturated heterocycles. The third kappa shape index (κ3) is 5.09. The normalized spacial score (nSPS) is 12.3. The van der Waals surface area contributed by atoms with Gasteiger partial charge >= 0.3 is 0 Å². The van der Waals surface area contributed by atoms with Crippen LogP contribution in [0.5, 0.6) is 0 Å². The molecule has 1 unspecified atom stereocenters. The van der Waals surface area contributed by atoms with E-state index in [-0.39, 0.29) is 10.9 Å². The van der Waals surface area contributed by atoms with E-state index in [0.717, 1.165) is 21.2 Å². The molecule has 31 heavy (non-hydrogen) atoms. The van der Waals surface area contributed by atoms with Gasteiger partial charge in [0, 0.05) is 30.5 Å². The van der Waals surface area contributed by atoms with E-state index in [1.54, 1.807) is 41.3 Å². The molecule has 0 fully saturated rings. The van der Waals surface area contributed by atoms with Gasteiger partial charge in [-0.3, -0.25) is 4.79 Å². The lowest BCUT2D eigenvalue weighted by Gasteiger charge is -2.15. The smallest absolute Gasteiger partial charge is 0.253 e. The Hall–Kier alpha value is -1.58. The van der Waals surface area contributed by atoms with Crippen LogP contribution in [0.2, 0.25) is 10.0 Å². The molecule has 0 spiro atoms. The van der Waals surface area contributed by atoms with Gasteiger partial charge in [0.1, 0.15) is 6.04 Å². The van der Waals surface area contributed by atoms with Gasteiger partial charge in [0.05, 0.1) is 10.6 Å². The predicted molar refractivity (Wildman–Crippen MR) is 132 cm³/mol. The van der Waals surface area contributed by atoms with Crippen LogP contribution in [0.3, 0.4) is 0 Å². The highest BCUT2D eigenvalue weighted by molar-refractivity contribution is 9.10. The van der Waals surface area contributed by atoms with Gasteiger partial charge in [0.2, 0.25) is 11.7 Å². The molecule has 1 amide bonds. The van der Waals surface area contributed by atoms with Crippen LogP contribution in [0, 0.1) is 0 Å². The number of thioether (sulfide) groups is 1. The second-order valence-corrected chi connectivity index (χ2v) is 10.3. The first-order valence-corrected chi connectivity index (χ1v) is 13.0. The number of rotatable bonds is 7. The highest BCUT2D eigenvalue weighted by Crippen LogP contribution is 2.33. The molecule has 1 atom stereocenters. The number of aromatic nitrogens is 2.